The van der Waals surface area contributed by atoms with Gasteiger partial charge in [0.25, 0.3) is 0 Å². The summed E-state index contributed by atoms with van der Waals surface area (Å²) >= 11 is 1.72. The van der Waals surface area contributed by atoms with E-state index in [2.05, 4.69) is 17.2 Å². The smallest absolute Gasteiger partial charge is 0.0797 e. The van der Waals surface area contributed by atoms with Gasteiger partial charge in [0, 0.05) is 17.9 Å². The zero-order valence-electron chi connectivity index (χ0n) is 9.58. The number of aryl methyl sites for hydroxylation is 1. The monoisotopic (exact) mass is 228 g/mol. The summed E-state index contributed by atoms with van der Waals surface area (Å²) in [5, 5.41) is 3.13. The highest BCUT2D eigenvalue weighted by molar-refractivity contribution is 7.09. The van der Waals surface area contributed by atoms with Crippen molar-refractivity contribution >= 4 is 11.3 Å². The number of nitrogens with one attached hydrogen (secondary N) is 1. The van der Waals surface area contributed by atoms with Crippen molar-refractivity contribution in [2.75, 3.05) is 26.8 Å². The molecule has 0 aliphatic rings. The molecule has 1 aromatic heterocycles. The molecule has 1 aromatic rings. The van der Waals surface area contributed by atoms with Gasteiger partial charge in [0.1, 0.15) is 0 Å². The standard InChI is InChI=1S/C11H20N2OS/c1-10-11(15-9-13-10)5-8-14-7-4-3-6-12-2/h9,12H,3-8H2,1-2H3. The Balaban J connectivity index is 1.96. The second kappa shape index (κ2) is 7.79. The van der Waals surface area contributed by atoms with E-state index >= 15 is 0 Å². The van der Waals surface area contributed by atoms with Crippen LogP contribution in [0.5, 0.6) is 0 Å². The van der Waals surface area contributed by atoms with Crippen molar-refractivity contribution in [3.8, 4) is 0 Å². The molecule has 0 amide bonds. The van der Waals surface area contributed by atoms with Crippen LogP contribution in [0, 0.1) is 6.92 Å². The topological polar surface area (TPSA) is 34.1 Å². The summed E-state index contributed by atoms with van der Waals surface area (Å²) in [6.45, 7) is 4.83. The van der Waals surface area contributed by atoms with Gasteiger partial charge in [0.2, 0.25) is 0 Å². The fraction of sp³-hybridized carbons (Fsp3) is 0.727. The Morgan fingerprint density at radius 2 is 2.27 bits per heavy atom. The fourth-order valence-electron chi connectivity index (χ4n) is 1.34. The van der Waals surface area contributed by atoms with Gasteiger partial charge in [-0.15, -0.1) is 11.3 Å². The van der Waals surface area contributed by atoms with Crippen molar-refractivity contribution in [1.82, 2.24) is 10.3 Å². The van der Waals surface area contributed by atoms with Crippen LogP contribution in [0.3, 0.4) is 0 Å². The molecule has 0 atom stereocenters. The van der Waals surface area contributed by atoms with E-state index in [0.29, 0.717) is 0 Å². The average Bonchev–Trinajstić information content (AvgIpc) is 2.63. The lowest BCUT2D eigenvalue weighted by molar-refractivity contribution is 0.134. The van der Waals surface area contributed by atoms with E-state index in [1.807, 2.05) is 12.6 Å². The molecule has 0 aliphatic carbocycles. The van der Waals surface area contributed by atoms with E-state index in [0.717, 1.165) is 38.3 Å². The van der Waals surface area contributed by atoms with Crippen LogP contribution in [0.4, 0.5) is 0 Å². The molecule has 1 N–H and O–H groups in total. The van der Waals surface area contributed by atoms with Gasteiger partial charge < -0.3 is 10.1 Å². The SMILES string of the molecule is CNCCCCOCCc1scnc1C. The number of nitrogens with zero attached hydrogens (tertiary/aromatic N) is 1. The lowest BCUT2D eigenvalue weighted by Crippen LogP contribution is -2.09. The first kappa shape index (κ1) is 12.6. The maximum Gasteiger partial charge on any atom is 0.0797 e. The van der Waals surface area contributed by atoms with Crippen LogP contribution in [0.25, 0.3) is 0 Å². The number of hydrogen-bond donors (Lipinski definition) is 1. The van der Waals surface area contributed by atoms with E-state index in [1.54, 1.807) is 11.3 Å². The Hall–Kier alpha value is -0.450. The lowest BCUT2D eigenvalue weighted by atomic mass is 10.3. The average molecular weight is 228 g/mol. The fourth-order valence-corrected chi connectivity index (χ4v) is 2.10. The largest absolute Gasteiger partial charge is 0.381 e. The second-order valence-electron chi connectivity index (χ2n) is 3.53. The van der Waals surface area contributed by atoms with Gasteiger partial charge >= 0.3 is 0 Å². The predicted octanol–water partition coefficient (Wildman–Crippen LogP) is 2.01. The van der Waals surface area contributed by atoms with Gasteiger partial charge in [-0.1, -0.05) is 0 Å². The van der Waals surface area contributed by atoms with Crippen LogP contribution in [0.1, 0.15) is 23.4 Å². The molecule has 4 heteroatoms. The number of thiazole rings is 1. The number of ether oxygens (including phenoxy) is 1. The number of hydrogen-bond acceptors (Lipinski definition) is 4. The lowest BCUT2D eigenvalue weighted by Gasteiger charge is -2.03. The minimum absolute atomic E-state index is 0.822. The summed E-state index contributed by atoms with van der Waals surface area (Å²) in [6, 6.07) is 0. The maximum atomic E-state index is 5.56. The summed E-state index contributed by atoms with van der Waals surface area (Å²) in [4.78, 5) is 5.56. The third kappa shape index (κ3) is 5.25. The number of rotatable bonds is 8. The molecule has 0 unspecified atom stereocenters. The van der Waals surface area contributed by atoms with Crippen molar-refractivity contribution < 1.29 is 4.74 Å². The third-order valence-electron chi connectivity index (χ3n) is 2.28. The number of unbranched alkanes of at least 4 members (excludes halogenated alkanes) is 1. The Labute approximate surface area is 95.9 Å². The quantitative estimate of drug-likeness (QED) is 0.691. The van der Waals surface area contributed by atoms with Crippen LogP contribution < -0.4 is 5.32 Å². The maximum absolute atomic E-state index is 5.56. The highest BCUT2D eigenvalue weighted by Gasteiger charge is 2.00. The molecule has 3 nitrogen and oxygen atoms in total. The van der Waals surface area contributed by atoms with Gasteiger partial charge in [-0.25, -0.2) is 4.98 Å². The molecule has 0 saturated carbocycles. The van der Waals surface area contributed by atoms with Gasteiger partial charge in [0.05, 0.1) is 17.8 Å². The normalized spacial score (nSPS) is 10.8. The van der Waals surface area contributed by atoms with Crippen LogP contribution in [0.2, 0.25) is 0 Å². The summed E-state index contributed by atoms with van der Waals surface area (Å²) in [7, 11) is 1.98. The molecule has 0 spiro atoms. The highest BCUT2D eigenvalue weighted by atomic mass is 32.1. The number of aromatic nitrogens is 1. The molecule has 86 valence electrons. The van der Waals surface area contributed by atoms with Gasteiger partial charge in [-0.2, -0.15) is 0 Å². The van der Waals surface area contributed by atoms with Crippen molar-refractivity contribution in [3.05, 3.63) is 16.1 Å². The minimum Gasteiger partial charge on any atom is -0.381 e. The molecule has 0 bridgehead atoms. The van der Waals surface area contributed by atoms with Crippen LogP contribution in [-0.2, 0) is 11.2 Å². The first-order valence-corrected chi connectivity index (χ1v) is 6.34. The van der Waals surface area contributed by atoms with Crippen molar-refractivity contribution in [3.63, 3.8) is 0 Å². The van der Waals surface area contributed by atoms with Crippen molar-refractivity contribution in [2.24, 2.45) is 0 Å². The summed E-state index contributed by atoms with van der Waals surface area (Å²) in [5.74, 6) is 0. The molecule has 0 aromatic carbocycles. The molecule has 0 radical (unpaired) electrons. The molecular weight excluding hydrogens is 208 g/mol. The van der Waals surface area contributed by atoms with Crippen LogP contribution >= 0.6 is 11.3 Å². The van der Waals surface area contributed by atoms with Gasteiger partial charge in [0.15, 0.2) is 0 Å². The van der Waals surface area contributed by atoms with E-state index in [1.165, 1.54) is 11.3 Å². The van der Waals surface area contributed by atoms with Gasteiger partial charge in [-0.3, -0.25) is 0 Å². The summed E-state index contributed by atoms with van der Waals surface area (Å²) < 4.78 is 5.56. The van der Waals surface area contributed by atoms with Crippen molar-refractivity contribution in [2.45, 2.75) is 26.2 Å². The van der Waals surface area contributed by atoms with E-state index in [-0.39, 0.29) is 0 Å². The molecular formula is C11H20N2OS. The molecule has 15 heavy (non-hydrogen) atoms. The van der Waals surface area contributed by atoms with E-state index < -0.39 is 0 Å². The van der Waals surface area contributed by atoms with E-state index in [9.17, 15) is 0 Å². The van der Waals surface area contributed by atoms with Gasteiger partial charge in [-0.05, 0) is 33.4 Å². The second-order valence-corrected chi connectivity index (χ2v) is 4.47. The van der Waals surface area contributed by atoms with Crippen LogP contribution in [-0.4, -0.2) is 31.8 Å². The van der Waals surface area contributed by atoms with E-state index in [4.69, 9.17) is 4.74 Å². The first-order chi connectivity index (χ1) is 7.34. The first-order valence-electron chi connectivity index (χ1n) is 5.46. The molecule has 0 saturated heterocycles. The molecule has 0 aliphatic heterocycles. The zero-order valence-corrected chi connectivity index (χ0v) is 10.4. The van der Waals surface area contributed by atoms with Crippen molar-refractivity contribution in [1.29, 1.82) is 0 Å². The Kier molecular flexibility index (Phi) is 6.55. The zero-order chi connectivity index (χ0) is 10.9. The summed E-state index contributed by atoms with van der Waals surface area (Å²) in [6.07, 6.45) is 3.33. The third-order valence-corrected chi connectivity index (χ3v) is 3.28. The molecule has 0 fully saturated rings. The highest BCUT2D eigenvalue weighted by Crippen LogP contribution is 2.12. The Bertz CT molecular complexity index is 263. The molecule has 1 rings (SSSR count). The Morgan fingerprint density at radius 3 is 2.93 bits per heavy atom. The molecule has 1 heterocycles. The predicted molar refractivity (Wildman–Crippen MR) is 64.5 cm³/mol. The van der Waals surface area contributed by atoms with Crippen LogP contribution in [0.15, 0.2) is 5.51 Å². The summed E-state index contributed by atoms with van der Waals surface area (Å²) in [5.41, 5.74) is 3.05. The minimum atomic E-state index is 0.822. The Morgan fingerprint density at radius 1 is 1.40 bits per heavy atom.